The van der Waals surface area contributed by atoms with Gasteiger partial charge in [0.1, 0.15) is 9.84 Å². The van der Waals surface area contributed by atoms with Crippen LogP contribution in [0.2, 0.25) is 0 Å². The van der Waals surface area contributed by atoms with Crippen LogP contribution in [0.15, 0.2) is 24.3 Å². The van der Waals surface area contributed by atoms with E-state index in [0.717, 1.165) is 45.4 Å². The minimum atomic E-state index is -2.94. The van der Waals surface area contributed by atoms with Gasteiger partial charge in [-0.15, -0.1) is 0 Å². The summed E-state index contributed by atoms with van der Waals surface area (Å²) in [5.41, 5.74) is 2.76. The lowest BCUT2D eigenvalue weighted by Gasteiger charge is -2.62. The highest BCUT2D eigenvalue weighted by atomic mass is 32.2. The van der Waals surface area contributed by atoms with Crippen molar-refractivity contribution in [3.8, 4) is 0 Å². The second-order valence-corrected chi connectivity index (χ2v) is 13.4. The van der Waals surface area contributed by atoms with Crippen molar-refractivity contribution in [2.24, 2.45) is 17.3 Å². The molecule has 5 nitrogen and oxygen atoms in total. The van der Waals surface area contributed by atoms with Gasteiger partial charge in [-0.25, -0.2) is 8.42 Å². The Kier molecular flexibility index (Phi) is 5.25. The van der Waals surface area contributed by atoms with E-state index in [4.69, 9.17) is 0 Å². The molecule has 1 saturated heterocycles. The highest BCUT2D eigenvalue weighted by Crippen LogP contribution is 2.66. The molecule has 1 heterocycles. The average Bonchev–Trinajstić information content (AvgIpc) is 2.71. The second kappa shape index (κ2) is 7.58. The minimum Gasteiger partial charge on any atom is -0.340 e. The summed E-state index contributed by atoms with van der Waals surface area (Å²) in [5.74, 6) is 1.96. The Morgan fingerprint density at radius 1 is 1.00 bits per heavy atom. The van der Waals surface area contributed by atoms with Gasteiger partial charge >= 0.3 is 0 Å². The number of benzene rings is 1. The zero-order valence-electron chi connectivity index (χ0n) is 19.0. The van der Waals surface area contributed by atoms with Crippen molar-refractivity contribution in [1.82, 2.24) is 9.80 Å². The Bertz CT molecular complexity index is 933. The highest BCUT2D eigenvalue weighted by molar-refractivity contribution is 7.90. The number of piperazine rings is 1. The maximum absolute atomic E-state index is 13.9. The van der Waals surface area contributed by atoms with E-state index in [1.54, 1.807) is 0 Å². The van der Waals surface area contributed by atoms with E-state index >= 15 is 0 Å². The summed E-state index contributed by atoms with van der Waals surface area (Å²) in [6.07, 6.45) is 8.27. The molecule has 31 heavy (non-hydrogen) atoms. The van der Waals surface area contributed by atoms with E-state index in [1.165, 1.54) is 36.6 Å². The number of carbonyl (C=O) groups excluding carboxylic acids is 1. The summed E-state index contributed by atoms with van der Waals surface area (Å²) >= 11 is 0. The summed E-state index contributed by atoms with van der Waals surface area (Å²) in [6, 6.07) is 9.11. The van der Waals surface area contributed by atoms with Gasteiger partial charge in [-0.05, 0) is 68.3 Å². The third kappa shape index (κ3) is 4.06. The topological polar surface area (TPSA) is 57.7 Å². The summed E-state index contributed by atoms with van der Waals surface area (Å²) in [4.78, 5) is 18.2. The molecular formula is C25H36N2O3S. The molecule has 6 rings (SSSR count). The predicted octanol–water partition coefficient (Wildman–Crippen LogP) is 3.02. The van der Waals surface area contributed by atoms with Gasteiger partial charge in [0.25, 0.3) is 0 Å². The lowest BCUT2D eigenvalue weighted by Crippen LogP contribution is -2.61. The molecule has 6 heteroatoms. The maximum atomic E-state index is 13.9. The van der Waals surface area contributed by atoms with Crippen molar-refractivity contribution < 1.29 is 13.2 Å². The van der Waals surface area contributed by atoms with Crippen LogP contribution in [0, 0.1) is 24.2 Å². The van der Waals surface area contributed by atoms with E-state index in [1.807, 2.05) is 0 Å². The molecule has 0 N–H and O–H groups in total. The smallest absolute Gasteiger partial charge is 0.228 e. The third-order valence-corrected chi connectivity index (χ3v) is 9.54. The van der Waals surface area contributed by atoms with Crippen LogP contribution < -0.4 is 0 Å². The number of carbonyl (C=O) groups is 1. The number of rotatable bonds is 5. The molecule has 0 spiro atoms. The summed E-state index contributed by atoms with van der Waals surface area (Å²) in [5, 5.41) is 0. The Hall–Kier alpha value is -1.40. The number of amides is 1. The number of hydrogen-bond acceptors (Lipinski definition) is 4. The maximum Gasteiger partial charge on any atom is 0.228 e. The number of nitrogens with zero attached hydrogens (tertiary/aromatic N) is 2. The predicted molar refractivity (Wildman–Crippen MR) is 123 cm³/mol. The molecule has 1 aromatic carbocycles. The highest BCUT2D eigenvalue weighted by Gasteiger charge is 2.61. The molecule has 0 radical (unpaired) electrons. The van der Waals surface area contributed by atoms with Gasteiger partial charge in [0.05, 0.1) is 11.2 Å². The molecule has 1 amide bonds. The largest absolute Gasteiger partial charge is 0.340 e. The quantitative estimate of drug-likeness (QED) is 0.701. The first kappa shape index (κ1) is 21.4. The Labute approximate surface area is 187 Å². The normalized spacial score (nSPS) is 35.5. The van der Waals surface area contributed by atoms with Crippen molar-refractivity contribution in [2.75, 3.05) is 44.7 Å². The molecule has 1 aromatic rings. The van der Waals surface area contributed by atoms with E-state index in [0.29, 0.717) is 24.3 Å². The number of hydrogen-bond donors (Lipinski definition) is 0. The van der Waals surface area contributed by atoms with Gasteiger partial charge in [-0.1, -0.05) is 29.8 Å². The van der Waals surface area contributed by atoms with Gasteiger partial charge in [0.15, 0.2) is 0 Å². The van der Waals surface area contributed by atoms with Gasteiger partial charge in [0.2, 0.25) is 5.91 Å². The molecule has 4 saturated carbocycles. The lowest BCUT2D eigenvalue weighted by atomic mass is 9.42. The van der Waals surface area contributed by atoms with Gasteiger partial charge in [0, 0.05) is 39.0 Å². The van der Waals surface area contributed by atoms with E-state index in [2.05, 4.69) is 41.0 Å². The third-order valence-electron chi connectivity index (χ3n) is 8.62. The first-order valence-electron chi connectivity index (χ1n) is 11.9. The van der Waals surface area contributed by atoms with Crippen molar-refractivity contribution >= 4 is 15.7 Å². The summed E-state index contributed by atoms with van der Waals surface area (Å²) < 4.78 is 23.0. The van der Waals surface area contributed by atoms with Gasteiger partial charge < -0.3 is 4.90 Å². The molecule has 5 aliphatic rings. The van der Waals surface area contributed by atoms with Crippen LogP contribution in [0.5, 0.6) is 0 Å². The summed E-state index contributed by atoms with van der Waals surface area (Å²) in [6.45, 7) is 5.76. The summed E-state index contributed by atoms with van der Waals surface area (Å²) in [7, 11) is -2.94. The van der Waals surface area contributed by atoms with Crippen LogP contribution in [0.1, 0.15) is 49.7 Å². The van der Waals surface area contributed by atoms with E-state index < -0.39 is 9.84 Å². The fourth-order valence-electron chi connectivity index (χ4n) is 7.56. The molecule has 0 aromatic heterocycles. The fourth-order valence-corrected chi connectivity index (χ4v) is 8.15. The molecule has 5 fully saturated rings. The standard InChI is InChI=1S/C25H36N2O3S/c1-19-3-5-22(6-4-19)24-14-20-13-21(15-24)17-25(16-20,18-24)23(28)27-9-7-26(8-10-27)11-12-31(2,29)30/h3-6,20-21H,7-18H2,1-2H3. The fraction of sp³-hybridized carbons (Fsp3) is 0.720. The van der Waals surface area contributed by atoms with Gasteiger partial charge in [-0.3, -0.25) is 9.69 Å². The minimum absolute atomic E-state index is 0.177. The van der Waals surface area contributed by atoms with Crippen molar-refractivity contribution in [3.63, 3.8) is 0 Å². The molecular weight excluding hydrogens is 408 g/mol. The Balaban J connectivity index is 1.31. The van der Waals surface area contributed by atoms with Gasteiger partial charge in [-0.2, -0.15) is 0 Å². The zero-order chi connectivity index (χ0) is 21.9. The number of sulfone groups is 1. The molecule has 170 valence electrons. The van der Waals surface area contributed by atoms with Crippen LogP contribution in [0.25, 0.3) is 0 Å². The van der Waals surface area contributed by atoms with Crippen molar-refractivity contribution in [2.45, 2.75) is 50.9 Å². The van der Waals surface area contributed by atoms with Crippen molar-refractivity contribution in [3.05, 3.63) is 35.4 Å². The Morgan fingerprint density at radius 2 is 1.61 bits per heavy atom. The molecule has 4 aliphatic carbocycles. The Morgan fingerprint density at radius 3 is 2.19 bits per heavy atom. The molecule has 1 aliphatic heterocycles. The molecule has 4 bridgehead atoms. The first-order valence-corrected chi connectivity index (χ1v) is 14.0. The van der Waals surface area contributed by atoms with Crippen LogP contribution in [-0.2, 0) is 20.0 Å². The van der Waals surface area contributed by atoms with Crippen LogP contribution in [0.4, 0.5) is 0 Å². The van der Waals surface area contributed by atoms with E-state index in [-0.39, 0.29) is 16.6 Å². The van der Waals surface area contributed by atoms with Crippen molar-refractivity contribution in [1.29, 1.82) is 0 Å². The van der Waals surface area contributed by atoms with Crippen LogP contribution in [-0.4, -0.2) is 68.9 Å². The number of aryl methyl sites for hydroxylation is 1. The molecule has 2 unspecified atom stereocenters. The average molecular weight is 445 g/mol. The monoisotopic (exact) mass is 444 g/mol. The van der Waals surface area contributed by atoms with E-state index in [9.17, 15) is 13.2 Å². The van der Waals surface area contributed by atoms with Crippen LogP contribution >= 0.6 is 0 Å². The van der Waals surface area contributed by atoms with Crippen LogP contribution in [0.3, 0.4) is 0 Å². The molecule has 2 atom stereocenters. The first-order chi connectivity index (χ1) is 14.7. The second-order valence-electron chi connectivity index (χ2n) is 11.2. The zero-order valence-corrected chi connectivity index (χ0v) is 19.8. The SMILES string of the molecule is Cc1ccc(C23CC4CC(CC(C(=O)N5CCN(CCS(C)(=O)=O)CC5)(C4)C2)C3)cc1. The lowest BCUT2D eigenvalue weighted by molar-refractivity contribution is -0.162.